The molecule has 1 unspecified atom stereocenters. The Kier molecular flexibility index (Phi) is 4.92. The average molecular weight is 361 g/mol. The van der Waals surface area contributed by atoms with Crippen molar-refractivity contribution in [3.05, 3.63) is 28.2 Å². The lowest BCUT2D eigenvalue weighted by molar-refractivity contribution is 0.530. The van der Waals surface area contributed by atoms with E-state index in [9.17, 15) is 0 Å². The molecule has 0 amide bonds. The highest BCUT2D eigenvalue weighted by atomic mass is 79.9. The van der Waals surface area contributed by atoms with E-state index in [1.165, 1.54) is 48.1 Å². The molecule has 0 aliphatic carbocycles. The third kappa shape index (κ3) is 3.25. The molecule has 17 heavy (non-hydrogen) atoms. The van der Waals surface area contributed by atoms with Crippen LogP contribution in [0.1, 0.15) is 31.7 Å². The Morgan fingerprint density at radius 1 is 1.41 bits per heavy atom. The van der Waals surface area contributed by atoms with Gasteiger partial charge in [0, 0.05) is 28.6 Å². The highest BCUT2D eigenvalue weighted by Gasteiger charge is 2.22. The van der Waals surface area contributed by atoms with Gasteiger partial charge in [-0.05, 0) is 36.5 Å². The maximum atomic E-state index is 3.64. The molecule has 1 aliphatic rings. The minimum Gasteiger partial charge on any atom is -0.371 e. The number of halogens is 2. The molecule has 1 aromatic carbocycles. The van der Waals surface area contributed by atoms with E-state index in [1.807, 2.05) is 0 Å². The van der Waals surface area contributed by atoms with Gasteiger partial charge in [0.15, 0.2) is 0 Å². The summed E-state index contributed by atoms with van der Waals surface area (Å²) in [6.45, 7) is 4.72. The Bertz CT molecular complexity index is 378. The Morgan fingerprint density at radius 3 is 2.88 bits per heavy atom. The van der Waals surface area contributed by atoms with Crippen LogP contribution in [0, 0.1) is 5.92 Å². The van der Waals surface area contributed by atoms with Crippen molar-refractivity contribution in [2.75, 3.05) is 18.0 Å². The number of hydrogen-bond acceptors (Lipinski definition) is 1. The van der Waals surface area contributed by atoms with Gasteiger partial charge in [0.1, 0.15) is 0 Å². The molecule has 1 saturated heterocycles. The molecule has 2 rings (SSSR count). The minimum absolute atomic E-state index is 0.898. The lowest BCUT2D eigenvalue weighted by atomic mass is 10.0. The lowest BCUT2D eigenvalue weighted by Gasteiger charge is -2.19. The fraction of sp³-hybridized carbons (Fsp3) is 0.571. The van der Waals surface area contributed by atoms with E-state index in [4.69, 9.17) is 0 Å². The highest BCUT2D eigenvalue weighted by Crippen LogP contribution is 2.30. The van der Waals surface area contributed by atoms with Gasteiger partial charge in [-0.25, -0.2) is 0 Å². The zero-order chi connectivity index (χ0) is 12.3. The second-order valence-corrected chi connectivity index (χ2v) is 6.21. The van der Waals surface area contributed by atoms with Gasteiger partial charge in [0.05, 0.1) is 0 Å². The van der Waals surface area contributed by atoms with Crippen LogP contribution in [0.4, 0.5) is 5.69 Å². The average Bonchev–Trinajstić information content (AvgIpc) is 2.78. The largest absolute Gasteiger partial charge is 0.371 e. The van der Waals surface area contributed by atoms with E-state index < -0.39 is 0 Å². The van der Waals surface area contributed by atoms with Gasteiger partial charge >= 0.3 is 0 Å². The molecule has 1 atom stereocenters. The second-order valence-electron chi connectivity index (χ2n) is 4.80. The number of rotatable bonds is 4. The van der Waals surface area contributed by atoms with Crippen molar-refractivity contribution < 1.29 is 0 Å². The van der Waals surface area contributed by atoms with Crippen molar-refractivity contribution >= 4 is 37.5 Å². The third-order valence-corrected chi connectivity index (χ3v) is 4.87. The summed E-state index contributed by atoms with van der Waals surface area (Å²) in [5, 5.41) is 0.909. The fourth-order valence-corrected chi connectivity index (χ4v) is 3.92. The Labute approximate surface area is 121 Å². The predicted octanol–water partition coefficient (Wildman–Crippen LogP) is 4.97. The molecule has 0 aromatic heterocycles. The minimum atomic E-state index is 0.898. The van der Waals surface area contributed by atoms with Gasteiger partial charge in [0.2, 0.25) is 0 Å². The number of nitrogens with zero attached hydrogens (tertiary/aromatic N) is 1. The van der Waals surface area contributed by atoms with Crippen molar-refractivity contribution in [1.29, 1.82) is 0 Å². The van der Waals surface area contributed by atoms with Crippen LogP contribution in [0.3, 0.4) is 0 Å². The molecular weight excluding hydrogens is 342 g/mol. The molecule has 0 spiro atoms. The summed E-state index contributed by atoms with van der Waals surface area (Å²) in [5.41, 5.74) is 2.68. The number of alkyl halides is 1. The third-order valence-electron chi connectivity index (χ3n) is 3.53. The first-order valence-corrected chi connectivity index (χ1v) is 8.25. The van der Waals surface area contributed by atoms with Crippen LogP contribution in [0.2, 0.25) is 0 Å². The van der Waals surface area contributed by atoms with Crippen LogP contribution < -0.4 is 4.90 Å². The second kappa shape index (κ2) is 6.24. The Hall–Kier alpha value is -0.0200. The standard InChI is InChI=1S/C14H19Br2N/c1-2-3-11-6-7-17(10-11)13-5-4-12(9-15)14(16)8-13/h4-5,8,11H,2-3,6-7,9-10H2,1H3. The maximum absolute atomic E-state index is 3.64. The smallest absolute Gasteiger partial charge is 0.0377 e. The molecule has 0 radical (unpaired) electrons. The number of hydrogen-bond donors (Lipinski definition) is 0. The zero-order valence-electron chi connectivity index (χ0n) is 10.3. The van der Waals surface area contributed by atoms with Crippen molar-refractivity contribution in [3.63, 3.8) is 0 Å². The van der Waals surface area contributed by atoms with Crippen molar-refractivity contribution in [2.45, 2.75) is 31.5 Å². The SMILES string of the molecule is CCCC1CCN(c2ccc(CBr)c(Br)c2)C1. The van der Waals surface area contributed by atoms with E-state index >= 15 is 0 Å². The monoisotopic (exact) mass is 359 g/mol. The van der Waals surface area contributed by atoms with E-state index in [-0.39, 0.29) is 0 Å². The van der Waals surface area contributed by atoms with E-state index in [0.717, 1.165) is 11.2 Å². The summed E-state index contributed by atoms with van der Waals surface area (Å²) in [6.07, 6.45) is 4.04. The zero-order valence-corrected chi connectivity index (χ0v) is 13.4. The summed E-state index contributed by atoms with van der Waals surface area (Å²) in [4.78, 5) is 2.52. The van der Waals surface area contributed by atoms with Gasteiger partial charge in [-0.1, -0.05) is 51.3 Å². The molecule has 1 aromatic rings. The highest BCUT2D eigenvalue weighted by molar-refractivity contribution is 9.10. The topological polar surface area (TPSA) is 3.24 Å². The summed E-state index contributed by atoms with van der Waals surface area (Å²) < 4.78 is 1.21. The van der Waals surface area contributed by atoms with Gasteiger partial charge in [-0.2, -0.15) is 0 Å². The lowest BCUT2D eigenvalue weighted by Crippen LogP contribution is -2.19. The number of benzene rings is 1. The van der Waals surface area contributed by atoms with Crippen LogP contribution in [0.15, 0.2) is 22.7 Å². The first-order valence-electron chi connectivity index (χ1n) is 6.34. The molecule has 1 aliphatic heterocycles. The van der Waals surface area contributed by atoms with Gasteiger partial charge in [0.25, 0.3) is 0 Å². The van der Waals surface area contributed by atoms with Crippen molar-refractivity contribution in [1.82, 2.24) is 0 Å². The maximum Gasteiger partial charge on any atom is 0.0377 e. The van der Waals surface area contributed by atoms with Gasteiger partial charge in [-0.3, -0.25) is 0 Å². The first kappa shape index (κ1) is 13.4. The van der Waals surface area contributed by atoms with E-state index in [2.05, 4.69) is 61.9 Å². The van der Waals surface area contributed by atoms with Crippen LogP contribution in [0.5, 0.6) is 0 Å². The summed E-state index contributed by atoms with van der Waals surface area (Å²) >= 11 is 7.15. The number of anilines is 1. The van der Waals surface area contributed by atoms with Crippen LogP contribution in [-0.2, 0) is 5.33 Å². The van der Waals surface area contributed by atoms with Gasteiger partial charge in [-0.15, -0.1) is 0 Å². The molecule has 1 fully saturated rings. The summed E-state index contributed by atoms with van der Waals surface area (Å²) in [7, 11) is 0. The van der Waals surface area contributed by atoms with E-state index in [1.54, 1.807) is 0 Å². The summed E-state index contributed by atoms with van der Waals surface area (Å²) in [6, 6.07) is 6.71. The van der Waals surface area contributed by atoms with Crippen molar-refractivity contribution in [2.24, 2.45) is 5.92 Å². The first-order chi connectivity index (χ1) is 8.24. The van der Waals surface area contributed by atoms with Gasteiger partial charge < -0.3 is 4.90 Å². The molecule has 1 nitrogen and oxygen atoms in total. The normalized spacial score (nSPS) is 19.9. The van der Waals surface area contributed by atoms with E-state index in [0.29, 0.717) is 0 Å². The molecule has 94 valence electrons. The molecular formula is C14H19Br2N. The molecule has 1 heterocycles. The fourth-order valence-electron chi connectivity index (χ4n) is 2.55. The quantitative estimate of drug-likeness (QED) is 0.685. The van der Waals surface area contributed by atoms with Crippen LogP contribution >= 0.6 is 31.9 Å². The Morgan fingerprint density at radius 2 is 2.24 bits per heavy atom. The van der Waals surface area contributed by atoms with Crippen LogP contribution in [0.25, 0.3) is 0 Å². The molecule has 0 saturated carbocycles. The Balaban J connectivity index is 2.06. The van der Waals surface area contributed by atoms with Crippen LogP contribution in [-0.4, -0.2) is 13.1 Å². The van der Waals surface area contributed by atoms with Crippen molar-refractivity contribution in [3.8, 4) is 0 Å². The molecule has 3 heteroatoms. The molecule has 0 bridgehead atoms. The summed E-state index contributed by atoms with van der Waals surface area (Å²) in [5.74, 6) is 0.898. The predicted molar refractivity (Wildman–Crippen MR) is 82.0 cm³/mol. The molecule has 0 N–H and O–H groups in total.